The zero-order valence-electron chi connectivity index (χ0n) is 40.3. The number of imidazole rings is 1. The van der Waals surface area contributed by atoms with E-state index in [1.165, 1.54) is 12.7 Å². The van der Waals surface area contributed by atoms with Gasteiger partial charge in [0.15, 0.2) is 35.4 Å². The molecule has 17 heteroatoms. The van der Waals surface area contributed by atoms with E-state index in [2.05, 4.69) is 26.0 Å². The Kier molecular flexibility index (Phi) is 16.4. The van der Waals surface area contributed by atoms with Crippen molar-refractivity contribution in [2.75, 3.05) is 32.8 Å². The van der Waals surface area contributed by atoms with Gasteiger partial charge >= 0.3 is 5.97 Å². The van der Waals surface area contributed by atoms with Crippen molar-refractivity contribution in [3.63, 3.8) is 0 Å². The number of hydrogen-bond acceptors (Lipinski definition) is 14. The van der Waals surface area contributed by atoms with E-state index in [1.807, 2.05) is 119 Å². The zero-order valence-corrected chi connectivity index (χ0v) is 41.2. The molecule has 1 unspecified atom stereocenters. The van der Waals surface area contributed by atoms with Crippen LogP contribution in [0, 0.1) is 11.3 Å². The normalized spacial score (nSPS) is 17.5. The number of nitriles is 1. The quantitative estimate of drug-likeness (QED) is 0.0330. The summed E-state index contributed by atoms with van der Waals surface area (Å²) in [5.74, 6) is 0.424. The molecule has 7 aromatic rings. The number of aromatic nitrogens is 4. The number of nitrogens with zero attached hydrogens (tertiary/aromatic N) is 6. The largest absolute Gasteiger partial charge is 0.497 e. The maximum absolute atomic E-state index is 14.7. The Balaban J connectivity index is 1.32. The molecule has 1 N–H and O–H groups in total. The molecule has 3 heterocycles. The summed E-state index contributed by atoms with van der Waals surface area (Å²) in [4.78, 5) is 41.9. The molecule has 366 valence electrons. The molecule has 2 aromatic heterocycles. The van der Waals surface area contributed by atoms with Crippen LogP contribution in [0.25, 0.3) is 11.2 Å². The van der Waals surface area contributed by atoms with Crippen LogP contribution in [-0.4, -0.2) is 93.9 Å². The highest BCUT2D eigenvalue weighted by molar-refractivity contribution is 7.44. The Labute approximate surface area is 414 Å². The molecule has 5 aromatic carbocycles. The summed E-state index contributed by atoms with van der Waals surface area (Å²) in [5, 5.41) is 12.5. The van der Waals surface area contributed by atoms with Gasteiger partial charge in [-0.2, -0.15) is 5.26 Å². The standard InChI is InChI=1S/C54H56N7O9P/c1-36(2)61(37(3)4)71(67-32-16-31-55)70-48-47(68-53(63)39-19-12-8-13-20-39)45(33-66-52(48)60-35-58-46-49(56-34-57-50(46)60)59-51(62)38-17-10-7-11-18-38)69-54(40-21-14-9-15-22-40,41-23-27-43(64-5)28-24-41)42-25-29-44(65-6)30-26-42/h7-15,17-30,34-37,45,47-48,52H,16,32-33H2,1-6H3,(H,56,57,59,62)/t45-,47+,48+,52+,71?/m0/s1. The monoisotopic (exact) mass is 977 g/mol. The molecule has 0 saturated carbocycles. The van der Waals surface area contributed by atoms with Crippen LogP contribution in [-0.2, 0) is 28.9 Å². The van der Waals surface area contributed by atoms with Crippen LogP contribution in [0.15, 0.2) is 152 Å². The van der Waals surface area contributed by atoms with E-state index in [9.17, 15) is 14.9 Å². The average molecular weight is 978 g/mol. The summed E-state index contributed by atoms with van der Waals surface area (Å²) < 4.78 is 50.3. The van der Waals surface area contributed by atoms with E-state index >= 15 is 0 Å². The molecule has 0 spiro atoms. The first-order chi connectivity index (χ1) is 34.6. The number of methoxy groups -OCH3 is 2. The van der Waals surface area contributed by atoms with E-state index in [4.69, 9.17) is 37.7 Å². The summed E-state index contributed by atoms with van der Waals surface area (Å²) in [6.45, 7) is 8.04. The highest BCUT2D eigenvalue weighted by atomic mass is 31.2. The molecule has 0 aliphatic carbocycles. The van der Waals surface area contributed by atoms with Crippen LogP contribution in [0.5, 0.6) is 11.5 Å². The number of nitrogens with one attached hydrogen (secondary N) is 1. The zero-order chi connectivity index (χ0) is 49.9. The number of benzene rings is 5. The number of esters is 1. The highest BCUT2D eigenvalue weighted by Gasteiger charge is 2.52. The molecular formula is C54H56N7O9P. The van der Waals surface area contributed by atoms with Crippen LogP contribution in [0.3, 0.4) is 0 Å². The Morgan fingerprint density at radius 1 is 0.775 bits per heavy atom. The Morgan fingerprint density at radius 3 is 1.90 bits per heavy atom. The summed E-state index contributed by atoms with van der Waals surface area (Å²) in [6, 6.07) is 44.4. The van der Waals surface area contributed by atoms with Crippen molar-refractivity contribution in [3.05, 3.63) is 180 Å². The van der Waals surface area contributed by atoms with E-state index < -0.39 is 44.6 Å². The summed E-state index contributed by atoms with van der Waals surface area (Å²) in [6.07, 6.45) is -1.69. The SMILES string of the molecule is COc1ccc(C(O[C@H]2CO[C@@H](n3cnc4c(NC(=O)c5ccccc5)ncnc43)[C@H](OP(OCCC#N)N(C(C)C)C(C)C)[C@@H]2OC(=O)c2ccccc2)(c2ccccc2)c2ccc(OC)cc2)cc1. The Hall–Kier alpha value is -7.09. The summed E-state index contributed by atoms with van der Waals surface area (Å²) in [5.41, 5.74) is 2.14. The average Bonchev–Trinajstić information content (AvgIpc) is 3.84. The van der Waals surface area contributed by atoms with Crippen LogP contribution < -0.4 is 14.8 Å². The highest BCUT2D eigenvalue weighted by Crippen LogP contribution is 2.52. The lowest BCUT2D eigenvalue weighted by molar-refractivity contribution is -0.234. The molecule has 1 aliphatic heterocycles. The molecule has 8 rings (SSSR count). The Morgan fingerprint density at radius 2 is 1.34 bits per heavy atom. The molecule has 0 bridgehead atoms. The smallest absolute Gasteiger partial charge is 0.338 e. The number of amides is 1. The van der Waals surface area contributed by atoms with E-state index in [-0.39, 0.29) is 49.0 Å². The van der Waals surface area contributed by atoms with Gasteiger partial charge in [-0.15, -0.1) is 0 Å². The van der Waals surface area contributed by atoms with Gasteiger partial charge < -0.3 is 38.0 Å². The van der Waals surface area contributed by atoms with Gasteiger partial charge in [-0.25, -0.2) is 24.4 Å². The summed E-state index contributed by atoms with van der Waals surface area (Å²) >= 11 is 0. The van der Waals surface area contributed by atoms with Gasteiger partial charge in [-0.05, 0) is 92.9 Å². The molecule has 5 atom stereocenters. The van der Waals surface area contributed by atoms with E-state index in [0.29, 0.717) is 28.3 Å². The van der Waals surface area contributed by atoms with Crippen LogP contribution >= 0.6 is 8.53 Å². The van der Waals surface area contributed by atoms with Crippen molar-refractivity contribution in [2.24, 2.45) is 0 Å². The number of carbonyl (C=O) groups is 2. The molecule has 1 saturated heterocycles. The molecule has 1 fully saturated rings. The second-order valence-electron chi connectivity index (χ2n) is 17.1. The molecule has 71 heavy (non-hydrogen) atoms. The number of carbonyl (C=O) groups excluding carboxylic acids is 2. The van der Waals surface area contributed by atoms with Gasteiger partial charge in [-0.3, -0.25) is 9.36 Å². The van der Waals surface area contributed by atoms with Crippen molar-refractivity contribution in [2.45, 2.75) is 76.3 Å². The minimum absolute atomic E-state index is 0.0581. The topological polar surface area (TPSA) is 181 Å². The maximum atomic E-state index is 14.7. The van der Waals surface area contributed by atoms with Crippen molar-refractivity contribution < 1.29 is 42.3 Å². The van der Waals surface area contributed by atoms with Crippen LogP contribution in [0.1, 0.15) is 77.8 Å². The predicted molar refractivity (Wildman–Crippen MR) is 268 cm³/mol. The molecule has 1 aliphatic rings. The lowest BCUT2D eigenvalue weighted by atomic mass is 9.79. The van der Waals surface area contributed by atoms with Gasteiger partial charge in [0.2, 0.25) is 0 Å². The van der Waals surface area contributed by atoms with Gasteiger partial charge in [-0.1, -0.05) is 91.0 Å². The minimum atomic E-state index is -2.02. The van der Waals surface area contributed by atoms with Gasteiger partial charge in [0, 0.05) is 17.6 Å². The van der Waals surface area contributed by atoms with Crippen molar-refractivity contribution in [1.29, 1.82) is 5.26 Å². The first-order valence-electron chi connectivity index (χ1n) is 23.2. The number of rotatable bonds is 20. The summed E-state index contributed by atoms with van der Waals surface area (Å²) in [7, 11) is 1.19. The third-order valence-electron chi connectivity index (χ3n) is 11.9. The second kappa shape index (κ2) is 23.2. The maximum Gasteiger partial charge on any atom is 0.338 e. The number of anilines is 1. The first kappa shape index (κ1) is 50.3. The van der Waals surface area contributed by atoms with Crippen LogP contribution in [0.4, 0.5) is 5.82 Å². The van der Waals surface area contributed by atoms with Crippen molar-refractivity contribution in [3.8, 4) is 17.6 Å². The lowest BCUT2D eigenvalue weighted by Crippen LogP contribution is -2.57. The van der Waals surface area contributed by atoms with Crippen molar-refractivity contribution in [1.82, 2.24) is 24.2 Å². The lowest BCUT2D eigenvalue weighted by Gasteiger charge is -2.47. The number of fused-ring (bicyclic) bond motifs is 1. The van der Waals surface area contributed by atoms with Gasteiger partial charge in [0.25, 0.3) is 14.4 Å². The fraction of sp³-hybridized carbons (Fsp3) is 0.296. The Bertz CT molecular complexity index is 2830. The van der Waals surface area contributed by atoms with Crippen LogP contribution in [0.2, 0.25) is 0 Å². The fourth-order valence-corrected chi connectivity index (χ4v) is 10.4. The molecule has 16 nitrogen and oxygen atoms in total. The van der Waals surface area contributed by atoms with Gasteiger partial charge in [0.05, 0.1) is 51.8 Å². The van der Waals surface area contributed by atoms with Crippen molar-refractivity contribution >= 4 is 37.4 Å². The van der Waals surface area contributed by atoms with E-state index in [1.54, 1.807) is 67.3 Å². The first-order valence-corrected chi connectivity index (χ1v) is 24.4. The predicted octanol–water partition coefficient (Wildman–Crippen LogP) is 9.89. The second-order valence-corrected chi connectivity index (χ2v) is 18.5. The third kappa shape index (κ3) is 11.1. The minimum Gasteiger partial charge on any atom is -0.497 e. The molecule has 0 radical (unpaired) electrons. The number of ether oxygens (including phenoxy) is 5. The third-order valence-corrected chi connectivity index (χ3v) is 14.1. The van der Waals surface area contributed by atoms with Gasteiger partial charge in [0.1, 0.15) is 29.5 Å². The van der Waals surface area contributed by atoms with E-state index in [0.717, 1.165) is 16.7 Å². The fourth-order valence-electron chi connectivity index (χ4n) is 8.67. The molecule has 1 amide bonds. The molecular weight excluding hydrogens is 922 g/mol. The number of hydrogen-bond donors (Lipinski definition) is 1.